The normalized spacial score (nSPS) is 16.5. The number of hydrogen-bond acceptors (Lipinski definition) is 5. The maximum atomic E-state index is 12.2. The molecule has 7 nitrogen and oxygen atoms in total. The number of piperidine rings is 1. The van der Waals surface area contributed by atoms with E-state index in [1.54, 1.807) is 30.5 Å². The molecule has 0 bridgehead atoms. The minimum atomic E-state index is -2.88. The first-order valence-corrected chi connectivity index (χ1v) is 9.24. The van der Waals surface area contributed by atoms with Gasteiger partial charge in [-0.05, 0) is 42.7 Å². The molecule has 3 rings (SSSR count). The second-order valence-corrected chi connectivity index (χ2v) is 6.84. The van der Waals surface area contributed by atoms with Crippen LogP contribution in [0.5, 0.6) is 5.75 Å². The number of nitrogens with one attached hydrogen (secondary N) is 1. The molecule has 0 saturated carbocycles. The van der Waals surface area contributed by atoms with Gasteiger partial charge in [0, 0.05) is 13.1 Å². The van der Waals surface area contributed by atoms with Crippen LogP contribution in [-0.2, 0) is 16.0 Å². The number of carbonyl (C=O) groups excluding carboxylic acids is 2. The van der Waals surface area contributed by atoms with Gasteiger partial charge in [-0.25, -0.2) is 4.98 Å². The summed E-state index contributed by atoms with van der Waals surface area (Å²) < 4.78 is 28.6. The Kier molecular flexibility index (Phi) is 6.58. The zero-order valence-corrected chi connectivity index (χ0v) is 15.7. The summed E-state index contributed by atoms with van der Waals surface area (Å²) in [7, 11) is 0. The molecule has 3 N–H and O–H groups in total. The molecule has 1 aromatic carbocycles. The van der Waals surface area contributed by atoms with Gasteiger partial charge in [0.1, 0.15) is 11.6 Å². The Morgan fingerprint density at radius 3 is 2.62 bits per heavy atom. The highest BCUT2D eigenvalue weighted by Crippen LogP contribution is 2.22. The van der Waals surface area contributed by atoms with E-state index in [0.717, 1.165) is 25.2 Å². The predicted octanol–water partition coefficient (Wildman–Crippen LogP) is 2.57. The van der Waals surface area contributed by atoms with E-state index in [1.807, 2.05) is 4.90 Å². The van der Waals surface area contributed by atoms with Crippen LogP contribution in [0, 0.1) is 5.92 Å². The summed E-state index contributed by atoms with van der Waals surface area (Å²) in [6, 6.07) is 9.43. The molecule has 9 heteroatoms. The van der Waals surface area contributed by atoms with Gasteiger partial charge in [0.25, 0.3) is 0 Å². The smallest absolute Gasteiger partial charge is 0.387 e. The number of primary amides is 1. The second kappa shape index (κ2) is 9.31. The Hall–Kier alpha value is -3.23. The molecule has 1 aliphatic rings. The lowest BCUT2D eigenvalue weighted by atomic mass is 9.97. The largest absolute Gasteiger partial charge is 0.435 e. The van der Waals surface area contributed by atoms with Crippen molar-refractivity contribution >= 4 is 23.3 Å². The van der Waals surface area contributed by atoms with Crippen LogP contribution in [0.2, 0.25) is 0 Å². The number of halogens is 2. The third kappa shape index (κ3) is 5.87. The molecule has 0 radical (unpaired) electrons. The SMILES string of the molecule is NC(=O)C1CCCN(c2ccc(NC(=O)Cc3ccc(OC(F)F)cc3)cn2)C1. The van der Waals surface area contributed by atoms with E-state index in [0.29, 0.717) is 17.8 Å². The summed E-state index contributed by atoms with van der Waals surface area (Å²) in [4.78, 5) is 30.0. The number of hydrogen-bond donors (Lipinski definition) is 2. The highest BCUT2D eigenvalue weighted by Gasteiger charge is 2.24. The molecule has 1 saturated heterocycles. The Morgan fingerprint density at radius 2 is 2.00 bits per heavy atom. The molecular weight excluding hydrogens is 382 g/mol. The van der Waals surface area contributed by atoms with Crippen LogP contribution in [0.3, 0.4) is 0 Å². The lowest BCUT2D eigenvalue weighted by molar-refractivity contribution is -0.122. The summed E-state index contributed by atoms with van der Waals surface area (Å²) in [6.07, 6.45) is 3.30. The maximum absolute atomic E-state index is 12.2. The van der Waals surface area contributed by atoms with E-state index in [2.05, 4.69) is 15.0 Å². The Balaban J connectivity index is 1.54. The third-order valence-electron chi connectivity index (χ3n) is 4.69. The van der Waals surface area contributed by atoms with E-state index in [1.165, 1.54) is 12.1 Å². The molecule has 1 unspecified atom stereocenters. The first-order valence-electron chi connectivity index (χ1n) is 9.24. The minimum absolute atomic E-state index is 0.0419. The van der Waals surface area contributed by atoms with Gasteiger partial charge in [-0.2, -0.15) is 8.78 Å². The molecule has 2 amide bonds. The van der Waals surface area contributed by atoms with Gasteiger partial charge in [0.2, 0.25) is 11.8 Å². The van der Waals surface area contributed by atoms with Gasteiger partial charge >= 0.3 is 6.61 Å². The fourth-order valence-corrected chi connectivity index (χ4v) is 3.24. The fourth-order valence-electron chi connectivity index (χ4n) is 3.24. The third-order valence-corrected chi connectivity index (χ3v) is 4.69. The number of anilines is 2. The number of aromatic nitrogens is 1. The minimum Gasteiger partial charge on any atom is -0.435 e. The number of carbonyl (C=O) groups is 2. The number of pyridine rings is 1. The number of alkyl halides is 2. The van der Waals surface area contributed by atoms with Crippen LogP contribution in [0.1, 0.15) is 18.4 Å². The first kappa shape index (κ1) is 20.5. The summed E-state index contributed by atoms with van der Waals surface area (Å²) in [6.45, 7) is -1.54. The van der Waals surface area contributed by atoms with Gasteiger partial charge in [0.05, 0.1) is 24.2 Å². The van der Waals surface area contributed by atoms with E-state index in [9.17, 15) is 18.4 Å². The number of nitrogens with two attached hydrogens (primary N) is 1. The molecule has 2 aromatic rings. The molecule has 1 fully saturated rings. The number of ether oxygens (including phenoxy) is 1. The topological polar surface area (TPSA) is 97.6 Å². The fraction of sp³-hybridized carbons (Fsp3) is 0.350. The molecule has 2 heterocycles. The van der Waals surface area contributed by atoms with Crippen molar-refractivity contribution in [2.45, 2.75) is 25.9 Å². The molecular formula is C20H22F2N4O3. The van der Waals surface area contributed by atoms with Gasteiger partial charge in [-0.3, -0.25) is 9.59 Å². The number of amides is 2. The maximum Gasteiger partial charge on any atom is 0.387 e. The van der Waals surface area contributed by atoms with E-state index < -0.39 is 6.61 Å². The van der Waals surface area contributed by atoms with Crippen molar-refractivity contribution in [3.63, 3.8) is 0 Å². The summed E-state index contributed by atoms with van der Waals surface area (Å²) >= 11 is 0. The van der Waals surface area contributed by atoms with Crippen molar-refractivity contribution < 1.29 is 23.1 Å². The Labute approximate surface area is 166 Å². The number of benzene rings is 1. The number of nitrogens with zero attached hydrogens (tertiary/aromatic N) is 2. The molecule has 0 spiro atoms. The quantitative estimate of drug-likeness (QED) is 0.739. The standard InChI is InChI=1S/C20H22F2N4O3/c21-20(22)29-16-6-3-13(4-7-16)10-18(27)25-15-5-8-17(24-11-15)26-9-1-2-14(12-26)19(23)28/h3-8,11,14,20H,1-2,9-10,12H2,(H2,23,28)(H,25,27). The predicted molar refractivity (Wildman–Crippen MR) is 104 cm³/mol. The monoisotopic (exact) mass is 404 g/mol. The summed E-state index contributed by atoms with van der Waals surface area (Å²) in [5, 5.41) is 2.75. The van der Waals surface area contributed by atoms with Crippen molar-refractivity contribution in [2.75, 3.05) is 23.3 Å². The lowest BCUT2D eigenvalue weighted by Crippen LogP contribution is -2.41. The van der Waals surface area contributed by atoms with Crippen molar-refractivity contribution in [3.8, 4) is 5.75 Å². The Morgan fingerprint density at radius 1 is 1.24 bits per heavy atom. The molecule has 0 aliphatic carbocycles. The molecule has 1 aromatic heterocycles. The van der Waals surface area contributed by atoms with Crippen molar-refractivity contribution in [1.29, 1.82) is 0 Å². The van der Waals surface area contributed by atoms with Crippen LogP contribution < -0.4 is 20.7 Å². The highest BCUT2D eigenvalue weighted by atomic mass is 19.3. The van der Waals surface area contributed by atoms with Crippen LogP contribution in [0.15, 0.2) is 42.6 Å². The number of rotatable bonds is 7. The van der Waals surface area contributed by atoms with Crippen molar-refractivity contribution in [2.24, 2.45) is 11.7 Å². The molecule has 1 atom stereocenters. The molecule has 154 valence electrons. The summed E-state index contributed by atoms with van der Waals surface area (Å²) in [5.74, 6) is 0.0347. The van der Waals surface area contributed by atoms with E-state index >= 15 is 0 Å². The van der Waals surface area contributed by atoms with Crippen LogP contribution >= 0.6 is 0 Å². The zero-order chi connectivity index (χ0) is 20.8. The molecule has 29 heavy (non-hydrogen) atoms. The van der Waals surface area contributed by atoms with Crippen LogP contribution in [-0.4, -0.2) is 36.5 Å². The van der Waals surface area contributed by atoms with E-state index in [-0.39, 0.29) is 29.9 Å². The van der Waals surface area contributed by atoms with Gasteiger partial charge in [-0.15, -0.1) is 0 Å². The lowest BCUT2D eigenvalue weighted by Gasteiger charge is -2.32. The average molecular weight is 404 g/mol. The van der Waals surface area contributed by atoms with Crippen molar-refractivity contribution in [1.82, 2.24) is 4.98 Å². The second-order valence-electron chi connectivity index (χ2n) is 6.84. The van der Waals surface area contributed by atoms with Crippen LogP contribution in [0.25, 0.3) is 0 Å². The average Bonchev–Trinajstić information content (AvgIpc) is 2.70. The highest BCUT2D eigenvalue weighted by molar-refractivity contribution is 5.92. The van der Waals surface area contributed by atoms with Crippen LogP contribution in [0.4, 0.5) is 20.3 Å². The zero-order valence-electron chi connectivity index (χ0n) is 15.7. The first-order chi connectivity index (χ1) is 13.9. The van der Waals surface area contributed by atoms with E-state index in [4.69, 9.17) is 5.73 Å². The Bertz CT molecular complexity index is 844. The van der Waals surface area contributed by atoms with Crippen molar-refractivity contribution in [3.05, 3.63) is 48.2 Å². The summed E-state index contributed by atoms with van der Waals surface area (Å²) in [5.41, 5.74) is 6.61. The van der Waals surface area contributed by atoms with Gasteiger partial charge < -0.3 is 20.7 Å². The van der Waals surface area contributed by atoms with Gasteiger partial charge in [-0.1, -0.05) is 12.1 Å². The van der Waals surface area contributed by atoms with Gasteiger partial charge in [0.15, 0.2) is 0 Å². The molecule has 1 aliphatic heterocycles.